The number of rotatable bonds is 6. The molecule has 0 aliphatic rings. The fraction of sp³-hybridized carbons (Fsp3) is 0.105. The summed E-state index contributed by atoms with van der Waals surface area (Å²) in [6.07, 6.45) is 4.93. The van der Waals surface area contributed by atoms with Crippen LogP contribution in [-0.4, -0.2) is 31.3 Å². The number of aromatic amines is 1. The minimum atomic E-state index is -0.316. The first-order valence-electron chi connectivity index (χ1n) is 8.57. The smallest absolute Gasteiger partial charge is 0.296 e. The number of nitrogens with zero attached hydrogens (tertiary/aromatic N) is 4. The van der Waals surface area contributed by atoms with Crippen LogP contribution in [0.15, 0.2) is 48.9 Å². The highest BCUT2D eigenvalue weighted by molar-refractivity contribution is 7.17. The number of amides is 1. The van der Waals surface area contributed by atoms with E-state index in [9.17, 15) is 4.79 Å². The van der Waals surface area contributed by atoms with E-state index < -0.39 is 0 Å². The Morgan fingerprint density at radius 1 is 1.21 bits per heavy atom. The molecule has 0 aliphatic heterocycles. The third-order valence-electron chi connectivity index (χ3n) is 4.09. The van der Waals surface area contributed by atoms with Gasteiger partial charge in [-0.3, -0.25) is 20.2 Å². The maximum Gasteiger partial charge on any atom is 0.296 e. The van der Waals surface area contributed by atoms with Gasteiger partial charge in [-0.25, -0.2) is 0 Å². The van der Waals surface area contributed by atoms with Gasteiger partial charge in [-0.05, 0) is 42.0 Å². The van der Waals surface area contributed by atoms with Crippen molar-refractivity contribution in [1.82, 2.24) is 25.4 Å². The van der Waals surface area contributed by atoms with E-state index in [0.29, 0.717) is 33.1 Å². The van der Waals surface area contributed by atoms with Crippen LogP contribution in [0.1, 0.15) is 21.6 Å². The maximum absolute atomic E-state index is 12.8. The highest BCUT2D eigenvalue weighted by Crippen LogP contribution is 2.27. The van der Waals surface area contributed by atoms with Crippen molar-refractivity contribution in [3.63, 3.8) is 0 Å². The van der Waals surface area contributed by atoms with Crippen molar-refractivity contribution in [2.24, 2.45) is 0 Å². The molecular formula is C19H15ClN6O2S. The molecule has 4 rings (SSSR count). The van der Waals surface area contributed by atoms with Gasteiger partial charge in [0, 0.05) is 34.7 Å². The number of hydrogen-bond acceptors (Lipinski definition) is 7. The van der Waals surface area contributed by atoms with Gasteiger partial charge >= 0.3 is 0 Å². The number of carbonyl (C=O) groups is 1. The third-order valence-corrected chi connectivity index (χ3v) is 5.09. The SMILES string of the molecule is Cc1n[nH]cc1-c1cnccc1C(=O)Nc1nnc(OCc2ccc(Cl)cc2)s1. The zero-order chi connectivity index (χ0) is 20.2. The zero-order valence-corrected chi connectivity index (χ0v) is 16.8. The molecule has 0 bridgehead atoms. The summed E-state index contributed by atoms with van der Waals surface area (Å²) < 4.78 is 5.63. The summed E-state index contributed by atoms with van der Waals surface area (Å²) in [6, 6.07) is 8.97. The molecule has 0 radical (unpaired) electrons. The average Bonchev–Trinajstić information content (AvgIpc) is 3.36. The van der Waals surface area contributed by atoms with Crippen LogP contribution in [0.3, 0.4) is 0 Å². The van der Waals surface area contributed by atoms with E-state index in [1.54, 1.807) is 36.8 Å². The number of H-pyrrole nitrogens is 1. The van der Waals surface area contributed by atoms with Gasteiger partial charge in [-0.2, -0.15) is 5.10 Å². The minimum absolute atomic E-state index is 0.316. The zero-order valence-electron chi connectivity index (χ0n) is 15.2. The number of aryl methyl sites for hydroxylation is 1. The van der Waals surface area contributed by atoms with Gasteiger partial charge in [-0.1, -0.05) is 28.8 Å². The molecule has 8 nitrogen and oxygen atoms in total. The lowest BCUT2D eigenvalue weighted by Crippen LogP contribution is -2.13. The molecule has 0 unspecified atom stereocenters. The van der Waals surface area contributed by atoms with Gasteiger partial charge < -0.3 is 4.74 Å². The van der Waals surface area contributed by atoms with Crippen molar-refractivity contribution < 1.29 is 9.53 Å². The van der Waals surface area contributed by atoms with E-state index in [1.807, 2.05) is 19.1 Å². The summed E-state index contributed by atoms with van der Waals surface area (Å²) in [6.45, 7) is 2.18. The van der Waals surface area contributed by atoms with Crippen molar-refractivity contribution in [3.05, 3.63) is 70.8 Å². The molecule has 1 amide bonds. The van der Waals surface area contributed by atoms with Crippen LogP contribution in [0.5, 0.6) is 5.19 Å². The average molecular weight is 427 g/mol. The normalized spacial score (nSPS) is 10.7. The molecule has 3 aromatic heterocycles. The van der Waals surface area contributed by atoms with Crippen LogP contribution in [-0.2, 0) is 6.61 Å². The monoisotopic (exact) mass is 426 g/mol. The van der Waals surface area contributed by atoms with Crippen molar-refractivity contribution >= 4 is 34.0 Å². The van der Waals surface area contributed by atoms with E-state index in [2.05, 4.69) is 30.7 Å². The Morgan fingerprint density at radius 3 is 2.79 bits per heavy atom. The van der Waals surface area contributed by atoms with E-state index >= 15 is 0 Å². The number of anilines is 1. The number of nitrogens with one attached hydrogen (secondary N) is 2. The number of halogens is 1. The van der Waals surface area contributed by atoms with Crippen LogP contribution in [0.2, 0.25) is 5.02 Å². The minimum Gasteiger partial charge on any atom is -0.464 e. The van der Waals surface area contributed by atoms with Crippen molar-refractivity contribution in [3.8, 4) is 16.3 Å². The Labute approximate surface area is 174 Å². The number of ether oxygens (including phenoxy) is 1. The fourth-order valence-electron chi connectivity index (χ4n) is 2.65. The van der Waals surface area contributed by atoms with Crippen LogP contribution >= 0.6 is 22.9 Å². The van der Waals surface area contributed by atoms with E-state index in [4.69, 9.17) is 16.3 Å². The number of aromatic nitrogens is 5. The highest BCUT2D eigenvalue weighted by atomic mass is 35.5. The Hall–Kier alpha value is -3.30. The lowest BCUT2D eigenvalue weighted by atomic mass is 10.0. The van der Waals surface area contributed by atoms with Crippen LogP contribution in [0.4, 0.5) is 5.13 Å². The van der Waals surface area contributed by atoms with Crippen molar-refractivity contribution in [1.29, 1.82) is 0 Å². The van der Waals surface area contributed by atoms with Crippen LogP contribution < -0.4 is 10.1 Å². The Morgan fingerprint density at radius 2 is 2.03 bits per heavy atom. The molecule has 2 N–H and O–H groups in total. The van der Waals surface area contributed by atoms with E-state index in [0.717, 1.165) is 28.2 Å². The predicted octanol–water partition coefficient (Wildman–Crippen LogP) is 4.12. The highest BCUT2D eigenvalue weighted by Gasteiger charge is 2.17. The van der Waals surface area contributed by atoms with Crippen LogP contribution in [0, 0.1) is 6.92 Å². The molecule has 3 heterocycles. The van der Waals surface area contributed by atoms with Crippen LogP contribution in [0.25, 0.3) is 11.1 Å². The molecule has 0 saturated heterocycles. The molecule has 4 aromatic rings. The molecular weight excluding hydrogens is 412 g/mol. The maximum atomic E-state index is 12.8. The van der Waals surface area contributed by atoms with Crippen molar-refractivity contribution in [2.75, 3.05) is 5.32 Å². The Balaban J connectivity index is 1.45. The molecule has 10 heteroatoms. The topological polar surface area (TPSA) is 106 Å². The second-order valence-electron chi connectivity index (χ2n) is 6.05. The Kier molecular flexibility index (Phi) is 5.50. The first-order valence-corrected chi connectivity index (χ1v) is 9.76. The summed E-state index contributed by atoms with van der Waals surface area (Å²) in [7, 11) is 0. The third kappa shape index (κ3) is 4.41. The fourth-order valence-corrected chi connectivity index (χ4v) is 3.36. The molecule has 0 atom stereocenters. The van der Waals surface area contributed by atoms with Crippen molar-refractivity contribution in [2.45, 2.75) is 13.5 Å². The summed E-state index contributed by atoms with van der Waals surface area (Å²) >= 11 is 7.02. The molecule has 0 fully saturated rings. The molecule has 29 heavy (non-hydrogen) atoms. The van der Waals surface area contributed by atoms with E-state index in [-0.39, 0.29) is 5.91 Å². The first kappa shape index (κ1) is 19.0. The lowest BCUT2D eigenvalue weighted by molar-refractivity contribution is 0.102. The number of carbonyl (C=O) groups excluding carboxylic acids is 1. The number of pyridine rings is 1. The Bertz CT molecular complexity index is 1140. The lowest BCUT2D eigenvalue weighted by Gasteiger charge is -2.07. The van der Waals surface area contributed by atoms with Gasteiger partial charge in [0.1, 0.15) is 6.61 Å². The van der Waals surface area contributed by atoms with Gasteiger partial charge in [-0.15, -0.1) is 5.10 Å². The molecule has 0 aliphatic carbocycles. The molecule has 0 spiro atoms. The molecule has 146 valence electrons. The standard InChI is InChI=1S/C19H15ClN6O2S/c1-11-15(9-22-24-11)16-8-21-7-6-14(16)17(27)23-18-25-26-19(29-18)28-10-12-2-4-13(20)5-3-12/h2-9H,10H2,1H3,(H,22,24)(H,23,25,27). The van der Waals surface area contributed by atoms with Gasteiger partial charge in [0.25, 0.3) is 11.1 Å². The van der Waals surface area contributed by atoms with Gasteiger partial charge in [0.05, 0.1) is 11.3 Å². The molecule has 0 saturated carbocycles. The van der Waals surface area contributed by atoms with Gasteiger partial charge in [0.2, 0.25) is 5.13 Å². The summed E-state index contributed by atoms with van der Waals surface area (Å²) in [4.78, 5) is 16.9. The summed E-state index contributed by atoms with van der Waals surface area (Å²) in [5.74, 6) is -0.316. The predicted molar refractivity (Wildman–Crippen MR) is 110 cm³/mol. The second-order valence-corrected chi connectivity index (χ2v) is 7.42. The largest absolute Gasteiger partial charge is 0.464 e. The summed E-state index contributed by atoms with van der Waals surface area (Å²) in [5.41, 5.74) is 3.68. The second kappa shape index (κ2) is 8.38. The first-order chi connectivity index (χ1) is 14.1. The quantitative estimate of drug-likeness (QED) is 0.480. The van der Waals surface area contributed by atoms with E-state index in [1.165, 1.54) is 0 Å². The molecule has 1 aromatic carbocycles. The summed E-state index contributed by atoms with van der Waals surface area (Å²) in [5, 5.41) is 18.9. The number of hydrogen-bond donors (Lipinski definition) is 2. The van der Waals surface area contributed by atoms with Gasteiger partial charge in [0.15, 0.2) is 0 Å². The number of benzene rings is 1.